The molecule has 2 fully saturated rings. The van der Waals surface area contributed by atoms with Crippen molar-refractivity contribution in [3.05, 3.63) is 23.1 Å². The molecule has 2 unspecified atom stereocenters. The minimum Gasteiger partial charge on any atom is -0.453 e. The van der Waals surface area contributed by atoms with Crippen LogP contribution < -0.4 is 0 Å². The van der Waals surface area contributed by atoms with Crippen molar-refractivity contribution in [3.63, 3.8) is 0 Å². The summed E-state index contributed by atoms with van der Waals surface area (Å²) in [5.41, 5.74) is 0.578. The fourth-order valence-corrected chi connectivity index (χ4v) is 3.42. The zero-order valence-electron chi connectivity index (χ0n) is 10.8. The monoisotopic (exact) mass is 286 g/mol. The van der Waals surface area contributed by atoms with Gasteiger partial charge in [0.15, 0.2) is 5.22 Å². The summed E-state index contributed by atoms with van der Waals surface area (Å²) in [6.45, 7) is 2.18. The Morgan fingerprint density at radius 1 is 1.32 bits per heavy atom. The van der Waals surface area contributed by atoms with E-state index in [0.29, 0.717) is 17.4 Å². The predicted octanol–water partition coefficient (Wildman–Crippen LogP) is 2.94. The van der Waals surface area contributed by atoms with Crippen molar-refractivity contribution in [2.45, 2.75) is 37.4 Å². The Morgan fingerprint density at radius 3 is 2.79 bits per heavy atom. The summed E-state index contributed by atoms with van der Waals surface area (Å²) in [5.74, 6) is 0.168. The Kier molecular flexibility index (Phi) is 3.85. The lowest BCUT2D eigenvalue weighted by Gasteiger charge is -2.44. The van der Waals surface area contributed by atoms with Gasteiger partial charge in [-0.05, 0) is 49.3 Å². The van der Waals surface area contributed by atoms with E-state index in [-0.39, 0.29) is 11.5 Å². The third-order valence-electron chi connectivity index (χ3n) is 4.35. The Morgan fingerprint density at radius 2 is 2.11 bits per heavy atom. The van der Waals surface area contributed by atoms with Gasteiger partial charge in [0.2, 0.25) is 0 Å². The zero-order valence-corrected chi connectivity index (χ0v) is 11.6. The van der Waals surface area contributed by atoms with Crippen LogP contribution in [0.25, 0.3) is 0 Å². The van der Waals surface area contributed by atoms with Crippen LogP contribution in [0.5, 0.6) is 0 Å². The third kappa shape index (κ3) is 2.68. The molecule has 2 atom stereocenters. The first kappa shape index (κ1) is 13.4. The summed E-state index contributed by atoms with van der Waals surface area (Å²) in [4.78, 5) is 0. The van der Waals surface area contributed by atoms with E-state index in [1.165, 1.54) is 6.26 Å². The smallest absolute Gasteiger partial charge is 0.198 e. The number of halogens is 1. The van der Waals surface area contributed by atoms with Crippen LogP contribution in [0.4, 0.5) is 0 Å². The van der Waals surface area contributed by atoms with Crippen LogP contribution in [0.1, 0.15) is 37.4 Å². The second-order valence-corrected chi connectivity index (χ2v) is 5.83. The Labute approximate surface area is 117 Å². The Balaban J connectivity index is 1.72. The standard InChI is InChI=1S/C14H19ClO4/c15-13-11(2-5-18-13)12(16)10-1-6-19-14(9-10)3-7-17-8-4-14/h2,5,10,12,16H,1,3-4,6-9H2. The first-order chi connectivity index (χ1) is 9.20. The summed E-state index contributed by atoms with van der Waals surface area (Å²) < 4.78 is 16.5. The van der Waals surface area contributed by atoms with Crippen LogP contribution >= 0.6 is 11.6 Å². The minimum absolute atomic E-state index is 0.113. The fraction of sp³-hybridized carbons (Fsp3) is 0.714. The fourth-order valence-electron chi connectivity index (χ4n) is 3.20. The average molecular weight is 287 g/mol. The molecule has 3 heterocycles. The van der Waals surface area contributed by atoms with E-state index in [9.17, 15) is 5.11 Å². The molecule has 0 amide bonds. The summed E-state index contributed by atoms with van der Waals surface area (Å²) in [7, 11) is 0. The molecule has 2 aliphatic rings. The highest BCUT2D eigenvalue weighted by Crippen LogP contribution is 2.43. The molecule has 0 aromatic carbocycles. The highest BCUT2D eigenvalue weighted by Gasteiger charge is 2.41. The largest absolute Gasteiger partial charge is 0.453 e. The molecule has 0 aliphatic carbocycles. The number of furan rings is 1. The maximum atomic E-state index is 10.5. The van der Waals surface area contributed by atoms with E-state index in [4.69, 9.17) is 25.5 Å². The first-order valence-electron chi connectivity index (χ1n) is 6.83. The number of aliphatic hydroxyl groups excluding tert-OH is 1. The van der Waals surface area contributed by atoms with Crippen LogP contribution in [-0.4, -0.2) is 30.5 Å². The number of ether oxygens (including phenoxy) is 2. The van der Waals surface area contributed by atoms with Crippen LogP contribution in [-0.2, 0) is 9.47 Å². The van der Waals surface area contributed by atoms with Crippen molar-refractivity contribution >= 4 is 11.6 Å². The van der Waals surface area contributed by atoms with Crippen molar-refractivity contribution in [1.82, 2.24) is 0 Å². The SMILES string of the molecule is OC(c1ccoc1Cl)C1CCOC2(CCOCC2)C1. The summed E-state index contributed by atoms with van der Waals surface area (Å²) in [6, 6.07) is 1.75. The topological polar surface area (TPSA) is 51.8 Å². The molecule has 4 nitrogen and oxygen atoms in total. The molecule has 2 aliphatic heterocycles. The van der Waals surface area contributed by atoms with E-state index in [0.717, 1.165) is 38.9 Å². The van der Waals surface area contributed by atoms with Gasteiger partial charge in [-0.15, -0.1) is 0 Å². The minimum atomic E-state index is -0.574. The Bertz CT molecular complexity index is 419. The van der Waals surface area contributed by atoms with E-state index >= 15 is 0 Å². The van der Waals surface area contributed by atoms with Crippen molar-refractivity contribution in [2.75, 3.05) is 19.8 Å². The van der Waals surface area contributed by atoms with Crippen LogP contribution in [0.2, 0.25) is 5.22 Å². The number of hydrogen-bond donors (Lipinski definition) is 1. The molecule has 1 N–H and O–H groups in total. The molecule has 5 heteroatoms. The zero-order chi connectivity index (χ0) is 13.3. The number of aliphatic hydroxyl groups is 1. The van der Waals surface area contributed by atoms with Gasteiger partial charge in [0.1, 0.15) is 0 Å². The lowest BCUT2D eigenvalue weighted by Crippen LogP contribution is -2.45. The molecule has 19 heavy (non-hydrogen) atoms. The van der Waals surface area contributed by atoms with Crippen molar-refractivity contribution in [3.8, 4) is 0 Å². The summed E-state index contributed by atoms with van der Waals surface area (Å²) >= 11 is 5.95. The van der Waals surface area contributed by atoms with Gasteiger partial charge in [0.05, 0.1) is 18.0 Å². The molecule has 1 spiro atoms. The van der Waals surface area contributed by atoms with Gasteiger partial charge in [-0.25, -0.2) is 0 Å². The van der Waals surface area contributed by atoms with E-state index in [2.05, 4.69) is 0 Å². The van der Waals surface area contributed by atoms with Gasteiger partial charge in [-0.2, -0.15) is 0 Å². The van der Waals surface area contributed by atoms with Gasteiger partial charge < -0.3 is 19.0 Å². The van der Waals surface area contributed by atoms with Crippen molar-refractivity contribution < 1.29 is 19.0 Å². The quantitative estimate of drug-likeness (QED) is 0.908. The molecule has 3 rings (SSSR count). The van der Waals surface area contributed by atoms with Gasteiger partial charge in [-0.3, -0.25) is 0 Å². The maximum absolute atomic E-state index is 10.5. The second kappa shape index (κ2) is 5.44. The van der Waals surface area contributed by atoms with Crippen LogP contribution in [0.3, 0.4) is 0 Å². The first-order valence-corrected chi connectivity index (χ1v) is 7.21. The van der Waals surface area contributed by atoms with Gasteiger partial charge in [0, 0.05) is 25.4 Å². The number of rotatable bonds is 2. The van der Waals surface area contributed by atoms with Crippen molar-refractivity contribution in [1.29, 1.82) is 0 Å². The third-order valence-corrected chi connectivity index (χ3v) is 4.65. The highest BCUT2D eigenvalue weighted by atomic mass is 35.5. The number of hydrogen-bond acceptors (Lipinski definition) is 4. The van der Waals surface area contributed by atoms with Crippen LogP contribution in [0.15, 0.2) is 16.7 Å². The molecule has 2 saturated heterocycles. The van der Waals surface area contributed by atoms with Gasteiger partial charge in [0.25, 0.3) is 0 Å². The molecule has 0 bridgehead atoms. The summed E-state index contributed by atoms with van der Waals surface area (Å²) in [6.07, 6.45) is 4.48. The van der Waals surface area contributed by atoms with E-state index < -0.39 is 6.10 Å². The van der Waals surface area contributed by atoms with Gasteiger partial charge in [-0.1, -0.05) is 0 Å². The lowest BCUT2D eigenvalue weighted by molar-refractivity contribution is -0.159. The van der Waals surface area contributed by atoms with Crippen molar-refractivity contribution in [2.24, 2.45) is 5.92 Å². The predicted molar refractivity (Wildman–Crippen MR) is 70.1 cm³/mol. The Hall–Kier alpha value is -0.550. The molecule has 0 radical (unpaired) electrons. The maximum Gasteiger partial charge on any atom is 0.198 e. The van der Waals surface area contributed by atoms with E-state index in [1.807, 2.05) is 0 Å². The highest BCUT2D eigenvalue weighted by molar-refractivity contribution is 6.29. The second-order valence-electron chi connectivity index (χ2n) is 5.49. The van der Waals surface area contributed by atoms with Gasteiger partial charge >= 0.3 is 0 Å². The average Bonchev–Trinajstić information content (AvgIpc) is 2.85. The molecule has 106 valence electrons. The van der Waals surface area contributed by atoms with E-state index in [1.54, 1.807) is 6.07 Å². The normalized spacial score (nSPS) is 28.4. The molecule has 1 aromatic heterocycles. The molecule has 0 saturated carbocycles. The molecular formula is C14H19ClO4. The van der Waals surface area contributed by atoms with Crippen LogP contribution in [0, 0.1) is 5.92 Å². The summed E-state index contributed by atoms with van der Waals surface area (Å²) in [5, 5.41) is 10.8. The molecular weight excluding hydrogens is 268 g/mol. The lowest BCUT2D eigenvalue weighted by atomic mass is 9.77. The molecule has 1 aromatic rings.